The lowest BCUT2D eigenvalue weighted by Crippen LogP contribution is -2.51. The molecule has 130 valence electrons. The monoisotopic (exact) mass is 349 g/mol. The molecule has 1 heterocycles. The molecule has 0 aromatic heterocycles. The molecule has 1 unspecified atom stereocenters. The molecule has 0 radical (unpaired) electrons. The molecule has 3 rings (SSSR count). The molecule has 0 aliphatic carbocycles. The fraction of sp³-hybridized carbons (Fsp3) is 0.118. The number of aliphatic hydroxyl groups is 1. The van der Waals surface area contributed by atoms with Crippen molar-refractivity contribution in [1.29, 1.82) is 0 Å². The van der Waals surface area contributed by atoms with E-state index in [-0.39, 0.29) is 16.8 Å². The number of para-hydroxylation sites is 1. The van der Waals surface area contributed by atoms with E-state index in [2.05, 4.69) is 0 Å². The van der Waals surface area contributed by atoms with Crippen molar-refractivity contribution in [1.82, 2.24) is 10.4 Å². The number of anilines is 1. The van der Waals surface area contributed by atoms with Crippen LogP contribution >= 0.6 is 0 Å². The number of hydrogen-bond acceptors (Lipinski definition) is 4. The van der Waals surface area contributed by atoms with Crippen molar-refractivity contribution in [2.45, 2.75) is 11.9 Å². The molecule has 2 aromatic rings. The van der Waals surface area contributed by atoms with E-state index < -0.39 is 23.5 Å². The summed E-state index contributed by atoms with van der Waals surface area (Å²) < 4.78 is 39.4. The number of hydrazine groups is 1. The van der Waals surface area contributed by atoms with Crippen LogP contribution in [0.25, 0.3) is 0 Å². The number of carbonyl (C=O) groups excluding carboxylic acids is 1. The maximum absolute atomic E-state index is 13.1. The highest BCUT2D eigenvalue weighted by Crippen LogP contribution is 2.38. The number of alkyl halides is 3. The van der Waals surface area contributed by atoms with Gasteiger partial charge in [-0.25, -0.2) is 5.01 Å². The second-order valence-electron chi connectivity index (χ2n) is 5.49. The Morgan fingerprint density at radius 1 is 1.08 bits per heavy atom. The van der Waals surface area contributed by atoms with Crippen LogP contribution in [0.2, 0.25) is 0 Å². The molecule has 0 saturated heterocycles. The third-order valence-electron chi connectivity index (χ3n) is 3.82. The Bertz CT molecular complexity index is 837. The van der Waals surface area contributed by atoms with Gasteiger partial charge in [-0.15, -0.1) is 0 Å². The van der Waals surface area contributed by atoms with E-state index in [1.807, 2.05) is 5.43 Å². The van der Waals surface area contributed by atoms with Crippen molar-refractivity contribution < 1.29 is 23.1 Å². The number of nitrogens with two attached hydrogens (primary N) is 1. The fourth-order valence-electron chi connectivity index (χ4n) is 2.56. The molecule has 1 aliphatic rings. The van der Waals surface area contributed by atoms with Crippen molar-refractivity contribution in [2.75, 3.05) is 5.73 Å². The smallest absolute Gasteiger partial charge is 0.398 e. The van der Waals surface area contributed by atoms with Gasteiger partial charge in [-0.2, -0.15) is 13.2 Å². The predicted octanol–water partition coefficient (Wildman–Crippen LogP) is 2.52. The molecule has 4 N–H and O–H groups in total. The second kappa shape index (κ2) is 5.82. The number of nitrogens with one attached hydrogen (secondary N) is 1. The van der Waals surface area contributed by atoms with E-state index in [0.717, 1.165) is 0 Å². The first-order valence-corrected chi connectivity index (χ1v) is 7.27. The third kappa shape index (κ3) is 2.91. The molecule has 0 bridgehead atoms. The zero-order chi connectivity index (χ0) is 18.2. The summed E-state index contributed by atoms with van der Waals surface area (Å²) in [6.45, 7) is 0. The van der Waals surface area contributed by atoms with Crippen LogP contribution in [-0.2, 0) is 5.72 Å². The SMILES string of the molecule is Nc1ccccc1C(=O)N1NC(C(F)(F)F)=CC1(O)c1ccccc1. The zero-order valence-electron chi connectivity index (χ0n) is 12.8. The molecular formula is C17H14F3N3O2. The van der Waals surface area contributed by atoms with Gasteiger partial charge in [0, 0.05) is 17.3 Å². The van der Waals surface area contributed by atoms with E-state index in [1.165, 1.54) is 30.3 Å². The Morgan fingerprint density at radius 2 is 1.68 bits per heavy atom. The standard InChI is InChI=1S/C17H14F3N3O2/c18-17(19,20)14-10-16(25,11-6-2-1-3-7-11)23(22-14)15(24)12-8-4-5-9-13(12)21/h1-10,22,25H,21H2. The predicted molar refractivity (Wildman–Crippen MR) is 84.6 cm³/mol. The normalized spacial score (nSPS) is 20.2. The molecular weight excluding hydrogens is 335 g/mol. The van der Waals surface area contributed by atoms with Gasteiger partial charge in [0.25, 0.3) is 5.91 Å². The fourth-order valence-corrected chi connectivity index (χ4v) is 2.56. The Morgan fingerprint density at radius 3 is 2.28 bits per heavy atom. The van der Waals surface area contributed by atoms with Crippen molar-refractivity contribution >= 4 is 11.6 Å². The first kappa shape index (κ1) is 16.8. The molecule has 0 spiro atoms. The van der Waals surface area contributed by atoms with Crippen LogP contribution in [0.3, 0.4) is 0 Å². The zero-order valence-corrected chi connectivity index (χ0v) is 12.8. The average molecular weight is 349 g/mol. The molecule has 8 heteroatoms. The Kier molecular flexibility index (Phi) is 3.92. The number of carbonyl (C=O) groups is 1. The summed E-state index contributed by atoms with van der Waals surface area (Å²) in [6, 6.07) is 13.5. The van der Waals surface area contributed by atoms with Crippen LogP contribution in [0.15, 0.2) is 66.4 Å². The van der Waals surface area contributed by atoms with Crippen molar-refractivity contribution in [3.63, 3.8) is 0 Å². The lowest BCUT2D eigenvalue weighted by Gasteiger charge is -2.33. The van der Waals surface area contributed by atoms with Gasteiger partial charge in [0.2, 0.25) is 5.72 Å². The summed E-state index contributed by atoms with van der Waals surface area (Å²) >= 11 is 0. The molecule has 1 atom stereocenters. The third-order valence-corrected chi connectivity index (χ3v) is 3.82. The van der Waals surface area contributed by atoms with Crippen LogP contribution in [0.4, 0.5) is 18.9 Å². The van der Waals surface area contributed by atoms with Gasteiger partial charge in [-0.3, -0.25) is 10.2 Å². The Balaban J connectivity index is 2.09. The quantitative estimate of drug-likeness (QED) is 0.728. The highest BCUT2D eigenvalue weighted by Gasteiger charge is 2.50. The summed E-state index contributed by atoms with van der Waals surface area (Å²) in [5.74, 6) is -0.889. The van der Waals surface area contributed by atoms with Crippen LogP contribution < -0.4 is 11.2 Å². The minimum absolute atomic E-state index is 0.0267. The first-order chi connectivity index (χ1) is 11.7. The van der Waals surface area contributed by atoms with Crippen LogP contribution in [0, 0.1) is 0 Å². The minimum atomic E-state index is -4.76. The van der Waals surface area contributed by atoms with Gasteiger partial charge in [0.05, 0.1) is 5.56 Å². The highest BCUT2D eigenvalue weighted by molar-refractivity contribution is 5.99. The highest BCUT2D eigenvalue weighted by atomic mass is 19.4. The first-order valence-electron chi connectivity index (χ1n) is 7.27. The van der Waals surface area contributed by atoms with E-state index in [0.29, 0.717) is 11.1 Å². The van der Waals surface area contributed by atoms with Gasteiger partial charge in [0.1, 0.15) is 5.70 Å². The molecule has 1 aliphatic heterocycles. The Hall–Kier alpha value is -3.00. The van der Waals surface area contributed by atoms with E-state index in [1.54, 1.807) is 24.3 Å². The lowest BCUT2D eigenvalue weighted by atomic mass is 10.0. The van der Waals surface area contributed by atoms with Crippen LogP contribution in [0.5, 0.6) is 0 Å². The van der Waals surface area contributed by atoms with Gasteiger partial charge < -0.3 is 10.8 Å². The van der Waals surface area contributed by atoms with Crippen LogP contribution in [-0.4, -0.2) is 22.2 Å². The maximum Gasteiger partial charge on any atom is 0.432 e. The number of hydrogen-bond donors (Lipinski definition) is 3. The number of amides is 1. The van der Waals surface area contributed by atoms with Crippen molar-refractivity contribution in [3.8, 4) is 0 Å². The molecule has 0 saturated carbocycles. The van der Waals surface area contributed by atoms with Crippen molar-refractivity contribution in [2.24, 2.45) is 0 Å². The average Bonchev–Trinajstić information content (AvgIpc) is 2.95. The number of rotatable bonds is 2. The number of nitrogens with zero attached hydrogens (tertiary/aromatic N) is 1. The second-order valence-corrected chi connectivity index (χ2v) is 5.49. The number of nitrogen functional groups attached to an aromatic ring is 1. The molecule has 1 amide bonds. The molecule has 5 nitrogen and oxygen atoms in total. The number of halogens is 3. The van der Waals surface area contributed by atoms with E-state index >= 15 is 0 Å². The van der Waals surface area contributed by atoms with E-state index in [4.69, 9.17) is 5.73 Å². The van der Waals surface area contributed by atoms with Crippen LogP contribution in [0.1, 0.15) is 15.9 Å². The largest absolute Gasteiger partial charge is 0.432 e. The summed E-state index contributed by atoms with van der Waals surface area (Å²) in [6.07, 6.45) is -4.20. The van der Waals surface area contributed by atoms with Gasteiger partial charge in [0.15, 0.2) is 0 Å². The summed E-state index contributed by atoms with van der Waals surface area (Å²) in [7, 11) is 0. The van der Waals surface area contributed by atoms with Crippen molar-refractivity contribution in [3.05, 3.63) is 77.5 Å². The van der Waals surface area contributed by atoms with Gasteiger partial charge in [-0.1, -0.05) is 42.5 Å². The summed E-state index contributed by atoms with van der Waals surface area (Å²) in [4.78, 5) is 12.8. The molecule has 25 heavy (non-hydrogen) atoms. The summed E-state index contributed by atoms with van der Waals surface area (Å²) in [5.41, 5.74) is 4.31. The number of allylic oxidation sites excluding steroid dienone is 1. The van der Waals surface area contributed by atoms with Gasteiger partial charge >= 0.3 is 6.18 Å². The van der Waals surface area contributed by atoms with Gasteiger partial charge in [-0.05, 0) is 12.1 Å². The lowest BCUT2D eigenvalue weighted by molar-refractivity contribution is -0.104. The molecule has 0 fully saturated rings. The minimum Gasteiger partial charge on any atom is -0.398 e. The topological polar surface area (TPSA) is 78.6 Å². The Labute approximate surface area is 141 Å². The number of benzene rings is 2. The maximum atomic E-state index is 13.1. The summed E-state index contributed by atoms with van der Waals surface area (Å²) in [5, 5.41) is 11.4. The van der Waals surface area contributed by atoms with E-state index in [9.17, 15) is 23.1 Å². The molecule has 2 aromatic carbocycles.